The number of aliphatic hydroxyl groups excluding tert-OH is 1. The summed E-state index contributed by atoms with van der Waals surface area (Å²) in [4.78, 5) is 0. The van der Waals surface area contributed by atoms with Gasteiger partial charge in [-0.1, -0.05) is 12.5 Å². The molecule has 5 saturated carbocycles. The molecule has 0 bridgehead atoms. The van der Waals surface area contributed by atoms with Gasteiger partial charge in [0, 0.05) is 31.5 Å². The van der Waals surface area contributed by atoms with E-state index in [0.717, 1.165) is 103 Å². The monoisotopic (exact) mass is 628 g/mol. The van der Waals surface area contributed by atoms with Crippen LogP contribution in [0, 0.1) is 40.9 Å². The molecule has 2 saturated heterocycles. The van der Waals surface area contributed by atoms with Crippen molar-refractivity contribution in [2.24, 2.45) is 40.9 Å². The molecule has 4 unspecified atom stereocenters. The molecule has 2 aliphatic heterocycles. The Bertz CT molecular complexity index is 1100. The van der Waals surface area contributed by atoms with Crippen LogP contribution in [-0.4, -0.2) is 71.1 Å². The van der Waals surface area contributed by atoms with Crippen molar-refractivity contribution in [2.45, 2.75) is 158 Å². The lowest BCUT2D eigenvalue weighted by atomic mass is 9.48. The minimum absolute atomic E-state index is 0.0715. The molecule has 1 spiro atoms. The van der Waals surface area contributed by atoms with Crippen LogP contribution in [0.25, 0.3) is 0 Å². The standard InChI is InChI=1S/C38H60O7/c1-35-23-29(25-6-8-26(9-7-25)34(39)27-10-11-27)33-28(12-16-36(40)24-38(18-14-31(33)36)44-21-22-45-38)30(35)13-17-37(35,41)15-4-20-43-32-5-2-3-19-42-32/h25-30,32,34,39-41H,2-24H2,1H3/t25?,26?,28?,29-,30?,32?,34?,35+,36-,37+/m1/s1. The number of fused-ring (bicyclic) bond motifs is 4. The fourth-order valence-corrected chi connectivity index (χ4v) is 12.1. The normalized spacial score (nSPS) is 46.9. The molecule has 8 rings (SSSR count). The van der Waals surface area contributed by atoms with Crippen LogP contribution in [0.2, 0.25) is 0 Å². The van der Waals surface area contributed by atoms with Gasteiger partial charge in [0.2, 0.25) is 0 Å². The molecule has 6 aliphatic carbocycles. The van der Waals surface area contributed by atoms with E-state index in [-0.39, 0.29) is 17.8 Å². The Labute approximate surface area is 270 Å². The molecule has 7 heteroatoms. The van der Waals surface area contributed by atoms with Crippen LogP contribution in [0.4, 0.5) is 0 Å². The Kier molecular flexibility index (Phi) is 8.53. The summed E-state index contributed by atoms with van der Waals surface area (Å²) >= 11 is 0. The van der Waals surface area contributed by atoms with E-state index in [1.54, 1.807) is 5.57 Å². The highest BCUT2D eigenvalue weighted by Crippen LogP contribution is 2.68. The van der Waals surface area contributed by atoms with Crippen molar-refractivity contribution in [3.8, 4) is 0 Å². The zero-order valence-electron chi connectivity index (χ0n) is 27.9. The van der Waals surface area contributed by atoms with Crippen LogP contribution in [0.1, 0.15) is 129 Å². The zero-order valence-corrected chi connectivity index (χ0v) is 27.9. The Morgan fingerprint density at radius 2 is 1.60 bits per heavy atom. The summed E-state index contributed by atoms with van der Waals surface area (Å²) in [6.45, 7) is 5.14. The molecule has 7 nitrogen and oxygen atoms in total. The average molecular weight is 629 g/mol. The molecule has 0 aromatic heterocycles. The first-order chi connectivity index (χ1) is 21.7. The predicted molar refractivity (Wildman–Crippen MR) is 170 cm³/mol. The van der Waals surface area contributed by atoms with E-state index >= 15 is 0 Å². The highest BCUT2D eigenvalue weighted by Gasteiger charge is 2.65. The summed E-state index contributed by atoms with van der Waals surface area (Å²) in [5.74, 6) is 2.23. The van der Waals surface area contributed by atoms with E-state index in [1.165, 1.54) is 24.8 Å². The second kappa shape index (κ2) is 12.1. The first-order valence-corrected chi connectivity index (χ1v) is 19.1. The summed E-state index contributed by atoms with van der Waals surface area (Å²) < 4.78 is 24.2. The van der Waals surface area contributed by atoms with Gasteiger partial charge in [-0.2, -0.15) is 0 Å². The van der Waals surface area contributed by atoms with Crippen LogP contribution in [0.15, 0.2) is 11.1 Å². The molecule has 8 atom stereocenters. The van der Waals surface area contributed by atoms with Crippen molar-refractivity contribution >= 4 is 0 Å². The van der Waals surface area contributed by atoms with Crippen molar-refractivity contribution in [2.75, 3.05) is 26.4 Å². The first-order valence-electron chi connectivity index (χ1n) is 19.1. The van der Waals surface area contributed by atoms with Crippen LogP contribution in [0.3, 0.4) is 0 Å². The zero-order chi connectivity index (χ0) is 30.9. The number of ether oxygens (including phenoxy) is 4. The van der Waals surface area contributed by atoms with Crippen molar-refractivity contribution in [3.05, 3.63) is 11.1 Å². The third-order valence-electron chi connectivity index (χ3n) is 14.7. The lowest BCUT2D eigenvalue weighted by Gasteiger charge is -2.59. The van der Waals surface area contributed by atoms with Crippen molar-refractivity contribution in [1.29, 1.82) is 0 Å². The Morgan fingerprint density at radius 1 is 0.844 bits per heavy atom. The fourth-order valence-electron chi connectivity index (χ4n) is 12.1. The van der Waals surface area contributed by atoms with Crippen LogP contribution in [0.5, 0.6) is 0 Å². The Balaban J connectivity index is 1.05. The van der Waals surface area contributed by atoms with E-state index in [4.69, 9.17) is 18.9 Å². The predicted octanol–water partition coefficient (Wildman–Crippen LogP) is 6.42. The topological polar surface area (TPSA) is 97.6 Å². The van der Waals surface area contributed by atoms with Crippen LogP contribution in [-0.2, 0) is 18.9 Å². The van der Waals surface area contributed by atoms with Gasteiger partial charge in [-0.3, -0.25) is 0 Å². The van der Waals surface area contributed by atoms with Gasteiger partial charge in [0.25, 0.3) is 0 Å². The molecule has 254 valence electrons. The third-order valence-corrected chi connectivity index (χ3v) is 14.7. The van der Waals surface area contributed by atoms with Crippen molar-refractivity contribution in [1.82, 2.24) is 0 Å². The van der Waals surface area contributed by atoms with Crippen molar-refractivity contribution in [3.63, 3.8) is 0 Å². The number of allylic oxidation sites excluding steroid dienone is 1. The molecule has 7 fully saturated rings. The van der Waals surface area contributed by atoms with Gasteiger partial charge in [0.15, 0.2) is 12.1 Å². The van der Waals surface area contributed by atoms with E-state index in [9.17, 15) is 15.3 Å². The summed E-state index contributed by atoms with van der Waals surface area (Å²) in [7, 11) is 0. The molecule has 0 amide bonds. The highest BCUT2D eigenvalue weighted by atomic mass is 16.7. The van der Waals surface area contributed by atoms with E-state index in [0.29, 0.717) is 61.7 Å². The van der Waals surface area contributed by atoms with Gasteiger partial charge in [-0.05, 0) is 150 Å². The summed E-state index contributed by atoms with van der Waals surface area (Å²) in [5.41, 5.74) is 1.26. The maximum Gasteiger partial charge on any atom is 0.171 e. The number of hydrogen-bond donors (Lipinski definition) is 3. The largest absolute Gasteiger partial charge is 0.393 e. The van der Waals surface area contributed by atoms with Gasteiger partial charge in [-0.25, -0.2) is 0 Å². The Morgan fingerprint density at radius 3 is 2.31 bits per heavy atom. The molecule has 0 radical (unpaired) electrons. The average Bonchev–Trinajstić information content (AvgIpc) is 3.75. The first kappa shape index (κ1) is 31.7. The second-order valence-electron chi connectivity index (χ2n) is 17.1. The fraction of sp³-hybridized carbons (Fsp3) is 0.947. The van der Waals surface area contributed by atoms with Gasteiger partial charge >= 0.3 is 0 Å². The molecule has 45 heavy (non-hydrogen) atoms. The molecular weight excluding hydrogens is 568 g/mol. The van der Waals surface area contributed by atoms with E-state index < -0.39 is 17.0 Å². The van der Waals surface area contributed by atoms with Gasteiger partial charge in [-0.15, -0.1) is 0 Å². The maximum atomic E-state index is 12.6. The molecule has 8 aliphatic rings. The molecule has 0 aromatic carbocycles. The quantitative estimate of drug-likeness (QED) is 0.211. The number of aliphatic hydroxyl groups is 3. The maximum absolute atomic E-state index is 12.6. The lowest BCUT2D eigenvalue weighted by Crippen LogP contribution is -2.57. The van der Waals surface area contributed by atoms with Gasteiger partial charge < -0.3 is 34.3 Å². The smallest absolute Gasteiger partial charge is 0.171 e. The molecule has 3 N–H and O–H groups in total. The minimum Gasteiger partial charge on any atom is -0.393 e. The van der Waals surface area contributed by atoms with E-state index in [2.05, 4.69) is 6.92 Å². The summed E-state index contributed by atoms with van der Waals surface area (Å²) in [6.07, 6.45) is 18.7. The molecular formula is C38H60O7. The minimum atomic E-state index is -0.840. The van der Waals surface area contributed by atoms with Crippen LogP contribution < -0.4 is 0 Å². The van der Waals surface area contributed by atoms with E-state index in [1.807, 2.05) is 0 Å². The molecule has 0 aromatic rings. The third kappa shape index (κ3) is 5.60. The number of hydrogen-bond acceptors (Lipinski definition) is 7. The lowest BCUT2D eigenvalue weighted by molar-refractivity contribution is -0.209. The molecule has 2 heterocycles. The second-order valence-corrected chi connectivity index (χ2v) is 17.1. The Hall–Kier alpha value is -0.540. The van der Waals surface area contributed by atoms with Gasteiger partial charge in [0.05, 0.1) is 30.5 Å². The summed E-state index contributed by atoms with van der Waals surface area (Å²) in [6, 6.07) is 0. The number of rotatable bonds is 8. The highest BCUT2D eigenvalue weighted by molar-refractivity contribution is 5.38. The summed E-state index contributed by atoms with van der Waals surface area (Å²) in [5, 5.41) is 36.0. The van der Waals surface area contributed by atoms with Crippen molar-refractivity contribution < 1.29 is 34.3 Å². The van der Waals surface area contributed by atoms with Crippen LogP contribution >= 0.6 is 0 Å². The SMILES string of the molecule is C[C@]12C[C@H](C3CCC(C(O)C4CC4)CC3)C3=C4CCC5(C[C@]4(O)CCC3C1CC[C@@]2(O)CCCOC1CCCCO1)OCCO5. The van der Waals surface area contributed by atoms with Gasteiger partial charge in [0.1, 0.15) is 0 Å².